The van der Waals surface area contributed by atoms with Gasteiger partial charge in [0, 0.05) is 0 Å². The Hall–Kier alpha value is 0.130. The molecule has 0 spiro atoms. The van der Waals surface area contributed by atoms with Crippen LogP contribution in [0.25, 0.3) is 0 Å². The Morgan fingerprint density at radius 3 is 1.33 bits per heavy atom. The van der Waals surface area contributed by atoms with E-state index in [1.807, 2.05) is 12.1 Å². The molecular weight excluding hydrogens is 475 g/mol. The molecule has 1 aromatic rings. The molecule has 0 saturated heterocycles. The minimum atomic E-state index is -4.01. The van der Waals surface area contributed by atoms with E-state index in [4.69, 9.17) is 0 Å². The van der Waals surface area contributed by atoms with Crippen molar-refractivity contribution < 1.29 is 13.0 Å². The third-order valence-corrected chi connectivity index (χ3v) is 7.96. The van der Waals surface area contributed by atoms with E-state index in [0.29, 0.717) is 0 Å². The van der Waals surface area contributed by atoms with E-state index in [-0.39, 0.29) is 35.3 Å². The van der Waals surface area contributed by atoms with Gasteiger partial charge in [-0.1, -0.05) is 148 Å². The molecule has 0 aliphatic heterocycles. The van der Waals surface area contributed by atoms with E-state index in [0.717, 1.165) is 31.2 Å². The molecule has 0 unspecified atom stereocenters. The van der Waals surface area contributed by atoms with Crippen molar-refractivity contribution in [2.24, 2.45) is 0 Å². The molecule has 0 aliphatic rings. The Morgan fingerprint density at radius 1 is 0.556 bits per heavy atom. The molecule has 1 rings (SSSR count). The van der Waals surface area contributed by atoms with E-state index in [1.165, 1.54) is 127 Å². The summed E-state index contributed by atoms with van der Waals surface area (Å²) in [7, 11) is -4.01. The number of aryl methyl sites for hydroxylation is 1. The summed E-state index contributed by atoms with van der Waals surface area (Å²) in [4.78, 5) is 0. The zero-order chi connectivity index (χ0) is 25.6. The topological polar surface area (TPSA) is 54.4 Å². The summed E-state index contributed by atoms with van der Waals surface area (Å²) in [5.74, 6) is -0.258. The second-order valence-corrected chi connectivity index (χ2v) is 12.1. The Bertz CT molecular complexity index is 733. The number of rotatable bonds is 24. The second kappa shape index (κ2) is 24.2. The van der Waals surface area contributed by atoms with Gasteiger partial charge in [0.2, 0.25) is 0 Å². The summed E-state index contributed by atoms with van der Waals surface area (Å²) in [5, 5.41) is 0. The summed E-state index contributed by atoms with van der Waals surface area (Å²) in [5.41, 5.74) is 3.27. The molecule has 0 atom stereocenters. The predicted octanol–water partition coefficient (Wildman–Crippen LogP) is 9.35. The molecule has 1 aromatic carbocycles. The average molecular weight is 533 g/mol. The third-order valence-electron chi connectivity index (χ3n) is 7.29. The van der Waals surface area contributed by atoms with Crippen LogP contribution < -0.4 is 0 Å². The fraction of sp³-hybridized carbons (Fsp3) is 0.806. The maximum atomic E-state index is 11.6. The van der Waals surface area contributed by atoms with Gasteiger partial charge in [0.05, 0.1) is 0 Å². The van der Waals surface area contributed by atoms with Crippen LogP contribution >= 0.6 is 0 Å². The molecule has 1 N–H and O–H groups in total. The van der Waals surface area contributed by atoms with Crippen LogP contribution in [0.4, 0.5) is 0 Å². The molecule has 0 fully saturated rings. The van der Waals surface area contributed by atoms with Crippen molar-refractivity contribution in [3.8, 4) is 0 Å². The first kappa shape index (κ1) is 36.1. The van der Waals surface area contributed by atoms with Gasteiger partial charge in [-0.05, 0) is 42.4 Å². The second-order valence-electron chi connectivity index (χ2n) is 10.6. The van der Waals surface area contributed by atoms with E-state index < -0.39 is 10.1 Å². The van der Waals surface area contributed by atoms with Crippen LogP contribution in [0.1, 0.15) is 159 Å². The molecule has 3 nitrogen and oxygen atoms in total. The molecular formula is C31H57NaO3S. The quantitative estimate of drug-likeness (QED) is 0.0819. The van der Waals surface area contributed by atoms with Gasteiger partial charge in [0.25, 0.3) is 10.1 Å². The monoisotopic (exact) mass is 532 g/mol. The molecule has 206 valence electrons. The molecule has 0 bridgehead atoms. The Balaban J connectivity index is 0.0000122. The Labute approximate surface area is 247 Å². The summed E-state index contributed by atoms with van der Waals surface area (Å²) >= 11 is 0. The molecule has 0 aromatic heterocycles. The van der Waals surface area contributed by atoms with E-state index >= 15 is 0 Å². The molecule has 0 aliphatic carbocycles. The number of hydrogen-bond donors (Lipinski definition) is 1. The SMILES string of the molecule is CCCCCCCCCCCCc1cccc(CS(=O)(=O)O)c1CCCCCCCCCCCC.[NaH]. The van der Waals surface area contributed by atoms with Gasteiger partial charge in [-0.25, -0.2) is 0 Å². The van der Waals surface area contributed by atoms with Crippen LogP contribution in [0.15, 0.2) is 18.2 Å². The van der Waals surface area contributed by atoms with Gasteiger partial charge >= 0.3 is 29.6 Å². The van der Waals surface area contributed by atoms with Crippen LogP contribution in [0, 0.1) is 0 Å². The standard InChI is InChI=1S/C31H56O3S.Na.H/c1-3-5-7-9-11-13-15-17-19-21-24-29-25-23-26-30(28-35(32,33)34)31(29)27-22-20-18-16-14-12-10-8-6-4-2;;/h23,25-26H,3-22,24,27-28H2,1-2H3,(H,32,33,34);;. The maximum absolute atomic E-state index is 11.6. The van der Waals surface area contributed by atoms with Crippen LogP contribution in [-0.4, -0.2) is 42.5 Å². The first-order valence-electron chi connectivity index (χ1n) is 15.0. The Kier molecular flexibility index (Phi) is 24.3. The first-order valence-corrected chi connectivity index (χ1v) is 16.6. The van der Waals surface area contributed by atoms with Crippen molar-refractivity contribution in [2.75, 3.05) is 0 Å². The fourth-order valence-electron chi connectivity index (χ4n) is 5.17. The van der Waals surface area contributed by atoms with Crippen LogP contribution in [0.3, 0.4) is 0 Å². The van der Waals surface area contributed by atoms with Gasteiger partial charge in [0.15, 0.2) is 0 Å². The molecule has 0 radical (unpaired) electrons. The number of unbranched alkanes of at least 4 members (excludes halogenated alkanes) is 18. The van der Waals surface area contributed by atoms with Crippen molar-refractivity contribution in [1.82, 2.24) is 0 Å². The van der Waals surface area contributed by atoms with Crippen molar-refractivity contribution in [3.63, 3.8) is 0 Å². The molecule has 36 heavy (non-hydrogen) atoms. The normalized spacial score (nSPS) is 11.5. The summed E-state index contributed by atoms with van der Waals surface area (Å²) in [6, 6.07) is 6.03. The zero-order valence-corrected chi connectivity index (χ0v) is 24.0. The molecule has 0 heterocycles. The van der Waals surface area contributed by atoms with Crippen molar-refractivity contribution >= 4 is 39.7 Å². The molecule has 0 saturated carbocycles. The molecule has 5 heteroatoms. The summed E-state index contributed by atoms with van der Waals surface area (Å²) in [6.45, 7) is 4.53. The van der Waals surface area contributed by atoms with Gasteiger partial charge in [-0.15, -0.1) is 0 Å². The van der Waals surface area contributed by atoms with Gasteiger partial charge in [-0.2, -0.15) is 8.42 Å². The van der Waals surface area contributed by atoms with Crippen LogP contribution in [0.2, 0.25) is 0 Å². The summed E-state index contributed by atoms with van der Waals surface area (Å²) in [6.07, 6.45) is 28.2. The Morgan fingerprint density at radius 2 is 0.917 bits per heavy atom. The van der Waals surface area contributed by atoms with Gasteiger partial charge < -0.3 is 0 Å². The fourth-order valence-corrected chi connectivity index (χ4v) is 5.83. The van der Waals surface area contributed by atoms with Crippen molar-refractivity contribution in [2.45, 2.75) is 161 Å². The number of benzene rings is 1. The average Bonchev–Trinajstić information content (AvgIpc) is 2.81. The predicted molar refractivity (Wildman–Crippen MR) is 160 cm³/mol. The van der Waals surface area contributed by atoms with E-state index in [9.17, 15) is 13.0 Å². The van der Waals surface area contributed by atoms with E-state index in [2.05, 4.69) is 19.9 Å². The summed E-state index contributed by atoms with van der Waals surface area (Å²) < 4.78 is 32.7. The first-order chi connectivity index (χ1) is 17.0. The minimum absolute atomic E-state index is 0. The third kappa shape index (κ3) is 20.1. The van der Waals surface area contributed by atoms with Crippen molar-refractivity contribution in [3.05, 3.63) is 34.9 Å². The van der Waals surface area contributed by atoms with Crippen molar-refractivity contribution in [1.29, 1.82) is 0 Å². The number of hydrogen-bond acceptors (Lipinski definition) is 2. The zero-order valence-electron chi connectivity index (χ0n) is 23.2. The van der Waals surface area contributed by atoms with Gasteiger partial charge in [0.1, 0.15) is 5.75 Å². The molecule has 0 amide bonds. The van der Waals surface area contributed by atoms with E-state index in [1.54, 1.807) is 0 Å². The van der Waals surface area contributed by atoms with Crippen LogP contribution in [-0.2, 0) is 28.7 Å². The van der Waals surface area contributed by atoms with Gasteiger partial charge in [-0.3, -0.25) is 4.55 Å². The van der Waals surface area contributed by atoms with Crippen LogP contribution in [0.5, 0.6) is 0 Å².